The third-order valence-corrected chi connectivity index (χ3v) is 2.35. The number of anilines is 1. The van der Waals surface area contributed by atoms with Crippen molar-refractivity contribution in [2.24, 2.45) is 10.2 Å². The van der Waals surface area contributed by atoms with Crippen molar-refractivity contribution < 1.29 is 0 Å². The molecule has 0 aliphatic carbocycles. The minimum absolute atomic E-state index is 0.790. The maximum Gasteiger partial charge on any atom is 0.131 e. The average molecular weight is 214 g/mol. The molecular formula is C12H14N4. The minimum atomic E-state index is 0.790. The van der Waals surface area contributed by atoms with E-state index in [0.29, 0.717) is 0 Å². The van der Waals surface area contributed by atoms with Crippen molar-refractivity contribution in [1.29, 1.82) is 0 Å². The molecule has 0 spiro atoms. The number of allylic oxidation sites excluding steroid dienone is 1. The van der Waals surface area contributed by atoms with Gasteiger partial charge >= 0.3 is 0 Å². The quantitative estimate of drug-likeness (QED) is 0.764. The van der Waals surface area contributed by atoms with E-state index in [1.807, 2.05) is 37.3 Å². The van der Waals surface area contributed by atoms with Gasteiger partial charge in [-0.15, -0.1) is 0 Å². The first-order chi connectivity index (χ1) is 7.74. The van der Waals surface area contributed by atoms with Crippen molar-refractivity contribution in [3.63, 3.8) is 0 Å². The second-order valence-corrected chi connectivity index (χ2v) is 3.46. The highest BCUT2D eigenvalue weighted by molar-refractivity contribution is 6.50. The van der Waals surface area contributed by atoms with Crippen LogP contribution in [-0.2, 0) is 0 Å². The maximum atomic E-state index is 4.42. The van der Waals surface area contributed by atoms with Crippen molar-refractivity contribution in [1.82, 2.24) is 5.43 Å². The molecule has 0 saturated heterocycles. The molecule has 82 valence electrons. The van der Waals surface area contributed by atoms with Crippen molar-refractivity contribution >= 4 is 17.1 Å². The van der Waals surface area contributed by atoms with Gasteiger partial charge in [0, 0.05) is 7.05 Å². The Morgan fingerprint density at radius 3 is 2.62 bits per heavy atom. The maximum absolute atomic E-state index is 4.42. The molecule has 0 unspecified atom stereocenters. The molecule has 16 heavy (non-hydrogen) atoms. The van der Waals surface area contributed by atoms with Crippen LogP contribution >= 0.6 is 0 Å². The number of benzene rings is 1. The fourth-order valence-corrected chi connectivity index (χ4v) is 1.61. The summed E-state index contributed by atoms with van der Waals surface area (Å²) in [5.74, 6) is 0. The van der Waals surface area contributed by atoms with Crippen molar-refractivity contribution in [2.75, 3.05) is 12.1 Å². The van der Waals surface area contributed by atoms with Crippen LogP contribution in [0.2, 0.25) is 0 Å². The Bertz CT molecular complexity index is 459. The topological polar surface area (TPSA) is 40.0 Å². The largest absolute Gasteiger partial charge is 0.312 e. The summed E-state index contributed by atoms with van der Waals surface area (Å²) in [5.41, 5.74) is 6.21. The Hall–Kier alpha value is -2.10. The summed E-state index contributed by atoms with van der Waals surface area (Å²) in [6, 6.07) is 9.90. The lowest BCUT2D eigenvalue weighted by molar-refractivity contribution is 0.903. The van der Waals surface area contributed by atoms with Crippen LogP contribution in [0.5, 0.6) is 0 Å². The first-order valence-electron chi connectivity index (χ1n) is 5.08. The lowest BCUT2D eigenvalue weighted by atomic mass is 10.2. The standard InChI is InChI=1S/C12H14N4/c1-9-12(14-13-3)10(2)16(15-9)11-7-5-4-6-8-11/h4-8,13H,2H2,1,3H3/b14-12-. The highest BCUT2D eigenvalue weighted by Crippen LogP contribution is 2.24. The lowest BCUT2D eigenvalue weighted by Crippen LogP contribution is -2.17. The third kappa shape index (κ3) is 1.69. The Labute approximate surface area is 95.0 Å². The molecule has 1 aliphatic heterocycles. The summed E-state index contributed by atoms with van der Waals surface area (Å²) in [6.45, 7) is 5.92. The van der Waals surface area contributed by atoms with Crippen LogP contribution in [-0.4, -0.2) is 18.5 Å². The molecule has 0 fully saturated rings. The van der Waals surface area contributed by atoms with Crippen LogP contribution in [0.4, 0.5) is 5.69 Å². The van der Waals surface area contributed by atoms with Gasteiger partial charge < -0.3 is 5.43 Å². The molecule has 2 rings (SSSR count). The first-order valence-corrected chi connectivity index (χ1v) is 5.08. The van der Waals surface area contributed by atoms with E-state index in [2.05, 4.69) is 22.2 Å². The smallest absolute Gasteiger partial charge is 0.131 e. The molecule has 4 heteroatoms. The number of hydrogen-bond acceptors (Lipinski definition) is 4. The van der Waals surface area contributed by atoms with Crippen LogP contribution < -0.4 is 10.4 Å². The zero-order chi connectivity index (χ0) is 11.5. The summed E-state index contributed by atoms with van der Waals surface area (Å²) >= 11 is 0. The van der Waals surface area contributed by atoms with E-state index in [-0.39, 0.29) is 0 Å². The molecule has 0 aromatic heterocycles. The molecule has 0 amide bonds. The predicted octanol–water partition coefficient (Wildman–Crippen LogP) is 1.97. The van der Waals surface area contributed by atoms with E-state index < -0.39 is 0 Å². The second-order valence-electron chi connectivity index (χ2n) is 3.46. The van der Waals surface area contributed by atoms with Gasteiger partial charge in [-0.1, -0.05) is 24.8 Å². The lowest BCUT2D eigenvalue weighted by Gasteiger charge is -2.14. The number of hydrogen-bond donors (Lipinski definition) is 1. The fraction of sp³-hybridized carbons (Fsp3) is 0.167. The Balaban J connectivity index is 2.35. The van der Waals surface area contributed by atoms with Crippen LogP contribution in [0.15, 0.2) is 52.8 Å². The van der Waals surface area contributed by atoms with E-state index in [0.717, 1.165) is 22.8 Å². The number of rotatable bonds is 2. The molecule has 1 aromatic rings. The zero-order valence-electron chi connectivity index (χ0n) is 9.44. The van der Waals surface area contributed by atoms with Gasteiger partial charge in [0.2, 0.25) is 0 Å². The molecule has 0 atom stereocenters. The zero-order valence-corrected chi connectivity index (χ0v) is 9.44. The van der Waals surface area contributed by atoms with E-state index in [1.165, 1.54) is 0 Å². The van der Waals surface area contributed by atoms with Gasteiger partial charge in [-0.05, 0) is 19.1 Å². The molecule has 1 aromatic carbocycles. The molecular weight excluding hydrogens is 200 g/mol. The van der Waals surface area contributed by atoms with Gasteiger partial charge in [0.1, 0.15) is 5.71 Å². The molecule has 1 aliphatic rings. The summed E-state index contributed by atoms with van der Waals surface area (Å²) in [5, 5.41) is 10.4. The Morgan fingerprint density at radius 2 is 2.00 bits per heavy atom. The molecule has 4 nitrogen and oxygen atoms in total. The highest BCUT2D eigenvalue weighted by Gasteiger charge is 2.24. The number of nitrogens with zero attached hydrogens (tertiary/aromatic N) is 3. The molecule has 0 bridgehead atoms. The van der Waals surface area contributed by atoms with Gasteiger partial charge in [0.25, 0.3) is 0 Å². The van der Waals surface area contributed by atoms with E-state index in [4.69, 9.17) is 0 Å². The van der Waals surface area contributed by atoms with Crippen LogP contribution in [0.25, 0.3) is 0 Å². The summed E-state index contributed by atoms with van der Waals surface area (Å²) in [7, 11) is 1.76. The number of hydrazone groups is 2. The average Bonchev–Trinajstić information content (AvgIpc) is 2.59. The Morgan fingerprint density at radius 1 is 1.31 bits per heavy atom. The third-order valence-electron chi connectivity index (χ3n) is 2.35. The Kier molecular flexibility index (Phi) is 2.72. The first kappa shape index (κ1) is 10.4. The van der Waals surface area contributed by atoms with Gasteiger partial charge in [0.15, 0.2) is 0 Å². The van der Waals surface area contributed by atoms with Crippen LogP contribution in [0, 0.1) is 0 Å². The minimum Gasteiger partial charge on any atom is -0.312 e. The van der Waals surface area contributed by atoms with E-state index in [1.54, 1.807) is 12.1 Å². The van der Waals surface area contributed by atoms with E-state index in [9.17, 15) is 0 Å². The number of para-hydroxylation sites is 1. The molecule has 0 saturated carbocycles. The second kappa shape index (κ2) is 4.18. The van der Waals surface area contributed by atoms with Gasteiger partial charge in [-0.25, -0.2) is 5.01 Å². The molecule has 1 heterocycles. The predicted molar refractivity (Wildman–Crippen MR) is 67.7 cm³/mol. The van der Waals surface area contributed by atoms with Crippen molar-refractivity contribution in [3.8, 4) is 0 Å². The number of nitrogens with one attached hydrogen (secondary N) is 1. The van der Waals surface area contributed by atoms with Gasteiger partial charge in [0.05, 0.1) is 17.1 Å². The summed E-state index contributed by atoms with van der Waals surface area (Å²) < 4.78 is 0. The van der Waals surface area contributed by atoms with E-state index >= 15 is 0 Å². The SMILES string of the molecule is C=C1/C(=N\NC)C(C)=NN1c1ccccc1. The fourth-order valence-electron chi connectivity index (χ4n) is 1.61. The van der Waals surface area contributed by atoms with Gasteiger partial charge in [-0.2, -0.15) is 10.2 Å². The summed E-state index contributed by atoms with van der Waals surface area (Å²) in [6.07, 6.45) is 0. The molecule has 1 N–H and O–H groups in total. The molecule has 0 radical (unpaired) electrons. The van der Waals surface area contributed by atoms with Crippen LogP contribution in [0.1, 0.15) is 6.92 Å². The van der Waals surface area contributed by atoms with Crippen molar-refractivity contribution in [2.45, 2.75) is 6.92 Å². The van der Waals surface area contributed by atoms with Gasteiger partial charge in [-0.3, -0.25) is 0 Å². The highest BCUT2D eigenvalue weighted by atomic mass is 15.5. The van der Waals surface area contributed by atoms with Crippen molar-refractivity contribution in [3.05, 3.63) is 42.6 Å². The summed E-state index contributed by atoms with van der Waals surface area (Å²) in [4.78, 5) is 0. The monoisotopic (exact) mass is 214 g/mol. The normalized spacial score (nSPS) is 17.9. The van der Waals surface area contributed by atoms with Crippen LogP contribution in [0.3, 0.4) is 0 Å².